The van der Waals surface area contributed by atoms with Gasteiger partial charge in [-0.05, 0) is 42.9 Å². The van der Waals surface area contributed by atoms with Gasteiger partial charge in [0.05, 0.1) is 16.8 Å². The van der Waals surface area contributed by atoms with Crippen LogP contribution in [0.1, 0.15) is 12.5 Å². The maximum absolute atomic E-state index is 11.3. The fourth-order valence-electron chi connectivity index (χ4n) is 4.44. The van der Waals surface area contributed by atoms with Gasteiger partial charge in [-0.1, -0.05) is 30.3 Å². The predicted molar refractivity (Wildman–Crippen MR) is 143 cm³/mol. The van der Waals surface area contributed by atoms with Crippen LogP contribution in [0.3, 0.4) is 0 Å². The maximum atomic E-state index is 11.3. The molecule has 0 atom stereocenters. The van der Waals surface area contributed by atoms with Crippen molar-refractivity contribution < 1.29 is 4.79 Å². The third-order valence-electron chi connectivity index (χ3n) is 6.34. The van der Waals surface area contributed by atoms with Crippen LogP contribution >= 0.6 is 0 Å². The molecule has 1 fully saturated rings. The molecule has 0 radical (unpaired) electrons. The minimum Gasteiger partial charge on any atom is -0.368 e. The molecule has 1 saturated heterocycles. The zero-order chi connectivity index (χ0) is 25.1. The summed E-state index contributed by atoms with van der Waals surface area (Å²) in [4.78, 5) is 25.2. The van der Waals surface area contributed by atoms with Gasteiger partial charge in [-0.15, -0.1) is 0 Å². The number of nitrogens with zero attached hydrogens (tertiary/aromatic N) is 5. The molecule has 2 N–H and O–H groups in total. The second kappa shape index (κ2) is 10.0. The van der Waals surface area contributed by atoms with Gasteiger partial charge in [0.1, 0.15) is 6.07 Å². The molecule has 1 aliphatic heterocycles. The van der Waals surface area contributed by atoms with Gasteiger partial charge >= 0.3 is 0 Å². The van der Waals surface area contributed by atoms with E-state index < -0.39 is 0 Å². The van der Waals surface area contributed by atoms with E-state index in [1.165, 1.54) is 6.92 Å². The molecule has 3 aromatic carbocycles. The molecule has 8 heteroatoms. The first-order valence-corrected chi connectivity index (χ1v) is 11.9. The number of nitriles is 1. The Labute approximate surface area is 210 Å². The molecule has 1 aromatic heterocycles. The highest BCUT2D eigenvalue weighted by atomic mass is 16.1. The molecule has 0 saturated carbocycles. The number of amides is 1. The van der Waals surface area contributed by atoms with Crippen molar-refractivity contribution in [3.63, 3.8) is 0 Å². The highest BCUT2D eigenvalue weighted by molar-refractivity contribution is 5.95. The molecule has 0 spiro atoms. The lowest BCUT2D eigenvalue weighted by molar-refractivity contribution is -0.114. The third-order valence-corrected chi connectivity index (χ3v) is 6.34. The van der Waals surface area contributed by atoms with E-state index in [9.17, 15) is 10.1 Å². The SMILES string of the molecule is CC(=O)Nc1ccc(-c2cccc3cnc(Nc4ccc(N5CCN(C)CC5)c(C#N)c4)nc23)cc1. The Kier molecular flexibility index (Phi) is 6.48. The third kappa shape index (κ3) is 4.97. The summed E-state index contributed by atoms with van der Waals surface area (Å²) in [6.07, 6.45) is 1.80. The van der Waals surface area contributed by atoms with Crippen LogP contribution in [-0.4, -0.2) is 54.0 Å². The smallest absolute Gasteiger partial charge is 0.227 e. The highest BCUT2D eigenvalue weighted by Gasteiger charge is 2.17. The van der Waals surface area contributed by atoms with E-state index >= 15 is 0 Å². The van der Waals surface area contributed by atoms with Crippen molar-refractivity contribution in [1.29, 1.82) is 5.26 Å². The zero-order valence-electron chi connectivity index (χ0n) is 20.3. The van der Waals surface area contributed by atoms with Crippen molar-refractivity contribution in [2.45, 2.75) is 6.92 Å². The molecule has 8 nitrogen and oxygen atoms in total. The Hall–Kier alpha value is -4.48. The number of nitrogens with one attached hydrogen (secondary N) is 2. The van der Waals surface area contributed by atoms with Gasteiger partial charge in [-0.3, -0.25) is 4.79 Å². The van der Waals surface area contributed by atoms with Gasteiger partial charge in [0.25, 0.3) is 0 Å². The number of hydrogen-bond acceptors (Lipinski definition) is 7. The molecule has 1 amide bonds. The van der Waals surface area contributed by atoms with E-state index in [4.69, 9.17) is 4.98 Å². The van der Waals surface area contributed by atoms with Gasteiger partial charge in [0.15, 0.2) is 0 Å². The summed E-state index contributed by atoms with van der Waals surface area (Å²) < 4.78 is 0. The van der Waals surface area contributed by atoms with Gasteiger partial charge < -0.3 is 20.4 Å². The number of carbonyl (C=O) groups is 1. The summed E-state index contributed by atoms with van der Waals surface area (Å²) in [7, 11) is 2.12. The largest absolute Gasteiger partial charge is 0.368 e. The molecule has 0 unspecified atom stereocenters. The monoisotopic (exact) mass is 477 g/mol. The van der Waals surface area contributed by atoms with Gasteiger partial charge in [-0.25, -0.2) is 9.97 Å². The van der Waals surface area contributed by atoms with Crippen LogP contribution in [0.15, 0.2) is 66.9 Å². The summed E-state index contributed by atoms with van der Waals surface area (Å²) in [5.74, 6) is 0.355. The van der Waals surface area contributed by atoms with Crippen LogP contribution in [-0.2, 0) is 4.79 Å². The number of fused-ring (bicyclic) bond motifs is 1. The molecular weight excluding hydrogens is 450 g/mol. The first-order valence-electron chi connectivity index (χ1n) is 11.9. The van der Waals surface area contributed by atoms with Crippen LogP contribution < -0.4 is 15.5 Å². The summed E-state index contributed by atoms with van der Waals surface area (Å²) in [6.45, 7) is 5.26. The number of piperazine rings is 1. The summed E-state index contributed by atoms with van der Waals surface area (Å²) in [5.41, 5.74) is 5.87. The highest BCUT2D eigenvalue weighted by Crippen LogP contribution is 2.30. The topological polar surface area (TPSA) is 97.2 Å². The minimum absolute atomic E-state index is 0.104. The van der Waals surface area contributed by atoms with Gasteiger partial charge in [0.2, 0.25) is 11.9 Å². The van der Waals surface area contributed by atoms with E-state index in [1.54, 1.807) is 6.20 Å². The Morgan fingerprint density at radius 3 is 2.47 bits per heavy atom. The van der Waals surface area contributed by atoms with Crippen molar-refractivity contribution in [2.75, 3.05) is 48.8 Å². The fraction of sp³-hybridized carbons (Fsp3) is 0.214. The summed E-state index contributed by atoms with van der Waals surface area (Å²) in [5, 5.41) is 16.8. The van der Waals surface area contributed by atoms with Gasteiger partial charge in [0, 0.05) is 61.6 Å². The number of hydrogen-bond donors (Lipinski definition) is 2. The molecule has 5 rings (SSSR count). The number of para-hydroxylation sites is 1. The van der Waals surface area contributed by atoms with Crippen molar-refractivity contribution in [2.24, 2.45) is 0 Å². The van der Waals surface area contributed by atoms with Crippen LogP contribution in [0.2, 0.25) is 0 Å². The molecule has 4 aromatic rings. The predicted octanol–water partition coefficient (Wildman–Crippen LogP) is 4.62. The Morgan fingerprint density at radius 2 is 1.75 bits per heavy atom. The van der Waals surface area contributed by atoms with Crippen molar-refractivity contribution in [1.82, 2.24) is 14.9 Å². The molecule has 0 bridgehead atoms. The second-order valence-electron chi connectivity index (χ2n) is 8.95. The fourth-order valence-corrected chi connectivity index (χ4v) is 4.44. The van der Waals surface area contributed by atoms with Crippen LogP contribution in [0, 0.1) is 11.3 Å². The lowest BCUT2D eigenvalue weighted by atomic mass is 10.0. The normalized spacial score (nSPS) is 13.9. The van der Waals surface area contributed by atoms with E-state index in [0.717, 1.165) is 65.3 Å². The van der Waals surface area contributed by atoms with E-state index in [2.05, 4.69) is 38.5 Å². The molecular formula is C28H27N7O. The van der Waals surface area contributed by atoms with E-state index in [1.807, 2.05) is 60.7 Å². The molecule has 1 aliphatic rings. The molecule has 180 valence electrons. The standard InChI is InChI=1S/C28H27N7O/c1-19(36)31-23-8-6-20(7-9-23)25-5-3-4-21-18-30-28(33-27(21)25)32-24-10-11-26(22(16-24)17-29)35-14-12-34(2)13-15-35/h3-11,16,18H,12-15H2,1-2H3,(H,31,36)(H,30,32,33). The average molecular weight is 478 g/mol. The molecule has 0 aliphatic carbocycles. The Balaban J connectivity index is 1.42. The van der Waals surface area contributed by atoms with Crippen LogP contribution in [0.4, 0.5) is 23.0 Å². The summed E-state index contributed by atoms with van der Waals surface area (Å²) in [6, 6.07) is 21.8. The lowest BCUT2D eigenvalue weighted by Gasteiger charge is -2.34. The van der Waals surface area contributed by atoms with Crippen LogP contribution in [0.25, 0.3) is 22.0 Å². The molecule has 2 heterocycles. The quantitative estimate of drug-likeness (QED) is 0.433. The number of aromatic nitrogens is 2. The Morgan fingerprint density at radius 1 is 1.00 bits per heavy atom. The Bertz CT molecular complexity index is 1450. The zero-order valence-corrected chi connectivity index (χ0v) is 20.3. The van der Waals surface area contributed by atoms with Crippen LogP contribution in [0.5, 0.6) is 0 Å². The minimum atomic E-state index is -0.104. The number of anilines is 4. The number of likely N-dealkylation sites (N-methyl/N-ethyl adjacent to an activating group) is 1. The van der Waals surface area contributed by atoms with Crippen molar-refractivity contribution in [3.05, 3.63) is 72.4 Å². The maximum Gasteiger partial charge on any atom is 0.227 e. The van der Waals surface area contributed by atoms with Crippen molar-refractivity contribution in [3.8, 4) is 17.2 Å². The van der Waals surface area contributed by atoms with E-state index in [-0.39, 0.29) is 5.91 Å². The number of benzene rings is 3. The van der Waals surface area contributed by atoms with Gasteiger partial charge in [-0.2, -0.15) is 5.26 Å². The second-order valence-corrected chi connectivity index (χ2v) is 8.95. The first-order chi connectivity index (χ1) is 17.5. The number of carbonyl (C=O) groups excluding carboxylic acids is 1. The van der Waals surface area contributed by atoms with Crippen molar-refractivity contribution >= 4 is 39.8 Å². The molecule has 36 heavy (non-hydrogen) atoms. The average Bonchev–Trinajstić information content (AvgIpc) is 2.89. The summed E-state index contributed by atoms with van der Waals surface area (Å²) >= 11 is 0. The lowest BCUT2D eigenvalue weighted by Crippen LogP contribution is -2.44. The van der Waals surface area contributed by atoms with E-state index in [0.29, 0.717) is 11.5 Å². The first kappa shape index (κ1) is 23.3. The number of rotatable bonds is 5.